The summed E-state index contributed by atoms with van der Waals surface area (Å²) in [6.07, 6.45) is 2.96. The third kappa shape index (κ3) is 4.96. The van der Waals surface area contributed by atoms with Crippen LogP contribution in [-0.2, 0) is 22.4 Å². The van der Waals surface area contributed by atoms with Crippen LogP contribution in [0.25, 0.3) is 0 Å². The molecule has 2 aromatic rings. The van der Waals surface area contributed by atoms with Gasteiger partial charge in [0.2, 0.25) is 11.8 Å². The number of aryl methyl sites for hydroxylation is 1. The topological polar surface area (TPSA) is 49.9 Å². The molecule has 30 heavy (non-hydrogen) atoms. The van der Waals surface area contributed by atoms with Gasteiger partial charge in [-0.05, 0) is 48.6 Å². The van der Waals surface area contributed by atoms with Crippen LogP contribution in [0.15, 0.2) is 48.5 Å². The minimum Gasteiger partial charge on any atom is -0.492 e. The summed E-state index contributed by atoms with van der Waals surface area (Å²) in [6.45, 7) is 2.77. The van der Waals surface area contributed by atoms with Gasteiger partial charge in [-0.3, -0.25) is 9.59 Å². The predicted octanol–water partition coefficient (Wildman–Crippen LogP) is 3.58. The highest BCUT2D eigenvalue weighted by atomic mass is 35.5. The quantitative estimate of drug-likeness (QED) is 0.734. The fourth-order valence-electron chi connectivity index (χ4n) is 4.20. The van der Waals surface area contributed by atoms with E-state index >= 15 is 0 Å². The number of fused-ring (bicyclic) bond motifs is 1. The zero-order chi connectivity index (χ0) is 20.9. The molecule has 0 radical (unpaired) electrons. The summed E-state index contributed by atoms with van der Waals surface area (Å²) in [7, 11) is 0. The second kappa shape index (κ2) is 9.52. The molecule has 158 valence electrons. The van der Waals surface area contributed by atoms with Crippen LogP contribution in [0.2, 0.25) is 5.02 Å². The van der Waals surface area contributed by atoms with E-state index in [0.717, 1.165) is 24.2 Å². The molecule has 2 aliphatic heterocycles. The van der Waals surface area contributed by atoms with Crippen molar-refractivity contribution in [3.63, 3.8) is 0 Å². The number of piperazine rings is 1. The highest BCUT2D eigenvalue weighted by Crippen LogP contribution is 2.30. The molecule has 0 aliphatic carbocycles. The highest BCUT2D eigenvalue weighted by Gasteiger charge is 2.32. The van der Waals surface area contributed by atoms with Gasteiger partial charge in [0.25, 0.3) is 0 Å². The summed E-state index contributed by atoms with van der Waals surface area (Å²) in [5.74, 6) is 0.915. The SMILES string of the molecule is O=C(CCCc1ccccc1)N1CCN(C(=O)C2COc3ccc(Cl)cc3C2)CC1. The van der Waals surface area contributed by atoms with E-state index in [0.29, 0.717) is 50.7 Å². The number of ether oxygens (including phenoxy) is 1. The highest BCUT2D eigenvalue weighted by molar-refractivity contribution is 6.30. The van der Waals surface area contributed by atoms with Crippen molar-refractivity contribution in [3.8, 4) is 5.75 Å². The Kier molecular flexibility index (Phi) is 6.58. The Morgan fingerprint density at radius 1 is 1.00 bits per heavy atom. The molecule has 6 heteroatoms. The summed E-state index contributed by atoms with van der Waals surface area (Å²) < 4.78 is 5.77. The summed E-state index contributed by atoms with van der Waals surface area (Å²) in [6, 6.07) is 15.8. The van der Waals surface area contributed by atoms with Crippen LogP contribution in [0.1, 0.15) is 24.0 Å². The fraction of sp³-hybridized carbons (Fsp3) is 0.417. The molecule has 1 unspecified atom stereocenters. The lowest BCUT2D eigenvalue weighted by atomic mass is 9.95. The molecule has 1 saturated heterocycles. The number of benzene rings is 2. The fourth-order valence-corrected chi connectivity index (χ4v) is 4.40. The lowest BCUT2D eigenvalue weighted by molar-refractivity contribution is -0.143. The van der Waals surface area contributed by atoms with Gasteiger partial charge in [0.1, 0.15) is 12.4 Å². The summed E-state index contributed by atoms with van der Waals surface area (Å²) >= 11 is 6.08. The average molecular weight is 427 g/mol. The smallest absolute Gasteiger partial charge is 0.229 e. The van der Waals surface area contributed by atoms with Crippen molar-refractivity contribution in [1.82, 2.24) is 9.80 Å². The molecular formula is C24H27ClN2O3. The van der Waals surface area contributed by atoms with E-state index in [4.69, 9.17) is 16.3 Å². The van der Waals surface area contributed by atoms with Crippen molar-refractivity contribution < 1.29 is 14.3 Å². The standard InChI is InChI=1S/C24H27ClN2O3/c25-21-9-10-22-19(16-21)15-20(17-30-22)24(29)27-13-11-26(12-14-27)23(28)8-4-7-18-5-2-1-3-6-18/h1-3,5-6,9-10,16,20H,4,7-8,11-15,17H2. The van der Waals surface area contributed by atoms with E-state index in [9.17, 15) is 9.59 Å². The Balaban J connectivity index is 1.23. The Bertz CT molecular complexity index is 895. The number of hydrogen-bond donors (Lipinski definition) is 0. The van der Waals surface area contributed by atoms with Crippen molar-refractivity contribution in [2.45, 2.75) is 25.7 Å². The first-order valence-electron chi connectivity index (χ1n) is 10.6. The maximum atomic E-state index is 13.0. The normalized spacial score (nSPS) is 18.5. The molecule has 2 heterocycles. The first kappa shape index (κ1) is 20.7. The monoisotopic (exact) mass is 426 g/mol. The minimum atomic E-state index is -0.191. The Labute approximate surface area is 182 Å². The zero-order valence-electron chi connectivity index (χ0n) is 17.1. The zero-order valence-corrected chi connectivity index (χ0v) is 17.8. The second-order valence-electron chi connectivity index (χ2n) is 8.01. The molecule has 4 rings (SSSR count). The summed E-state index contributed by atoms with van der Waals surface area (Å²) in [5, 5.41) is 0.657. The van der Waals surface area contributed by atoms with E-state index in [1.54, 1.807) is 6.07 Å². The molecule has 0 aromatic heterocycles. The third-order valence-corrected chi connectivity index (χ3v) is 6.16. The van der Waals surface area contributed by atoms with Crippen LogP contribution in [-0.4, -0.2) is 54.4 Å². The van der Waals surface area contributed by atoms with E-state index < -0.39 is 0 Å². The number of rotatable bonds is 5. The number of nitrogens with zero attached hydrogens (tertiary/aromatic N) is 2. The minimum absolute atomic E-state index is 0.108. The lowest BCUT2D eigenvalue weighted by Crippen LogP contribution is -2.53. The van der Waals surface area contributed by atoms with Gasteiger partial charge in [-0.25, -0.2) is 0 Å². The molecule has 0 spiro atoms. The third-order valence-electron chi connectivity index (χ3n) is 5.92. The van der Waals surface area contributed by atoms with Crippen LogP contribution >= 0.6 is 11.6 Å². The molecule has 2 aromatic carbocycles. The van der Waals surface area contributed by atoms with E-state index in [2.05, 4.69) is 12.1 Å². The largest absolute Gasteiger partial charge is 0.492 e. The van der Waals surface area contributed by atoms with Crippen LogP contribution in [0, 0.1) is 5.92 Å². The maximum Gasteiger partial charge on any atom is 0.229 e. The van der Waals surface area contributed by atoms with Crippen molar-refractivity contribution in [2.75, 3.05) is 32.8 Å². The van der Waals surface area contributed by atoms with Crippen LogP contribution in [0.3, 0.4) is 0 Å². The lowest BCUT2D eigenvalue weighted by Gasteiger charge is -2.37. The Hall–Kier alpha value is -2.53. The van der Waals surface area contributed by atoms with Gasteiger partial charge >= 0.3 is 0 Å². The predicted molar refractivity (Wildman–Crippen MR) is 117 cm³/mol. The summed E-state index contributed by atoms with van der Waals surface area (Å²) in [5.41, 5.74) is 2.25. The molecule has 0 N–H and O–H groups in total. The van der Waals surface area contributed by atoms with Gasteiger partial charge in [0.15, 0.2) is 0 Å². The number of carbonyl (C=O) groups is 2. The van der Waals surface area contributed by atoms with Gasteiger partial charge in [0, 0.05) is 37.6 Å². The van der Waals surface area contributed by atoms with E-state index in [1.807, 2.05) is 40.1 Å². The van der Waals surface area contributed by atoms with Crippen LogP contribution < -0.4 is 4.74 Å². The number of amides is 2. The van der Waals surface area contributed by atoms with E-state index in [1.165, 1.54) is 5.56 Å². The Morgan fingerprint density at radius 2 is 1.73 bits per heavy atom. The molecule has 0 bridgehead atoms. The van der Waals surface area contributed by atoms with Crippen molar-refractivity contribution >= 4 is 23.4 Å². The number of halogens is 1. The molecule has 0 saturated carbocycles. The van der Waals surface area contributed by atoms with Gasteiger partial charge in [0.05, 0.1) is 5.92 Å². The summed E-state index contributed by atoms with van der Waals surface area (Å²) in [4.78, 5) is 29.3. The first-order chi connectivity index (χ1) is 14.6. The maximum absolute atomic E-state index is 13.0. The average Bonchev–Trinajstić information content (AvgIpc) is 2.79. The van der Waals surface area contributed by atoms with Crippen LogP contribution in [0.4, 0.5) is 0 Å². The Morgan fingerprint density at radius 3 is 2.50 bits per heavy atom. The van der Waals surface area contributed by atoms with Crippen LogP contribution in [0.5, 0.6) is 5.75 Å². The first-order valence-corrected chi connectivity index (χ1v) is 11.0. The van der Waals surface area contributed by atoms with Crippen molar-refractivity contribution in [2.24, 2.45) is 5.92 Å². The van der Waals surface area contributed by atoms with Crippen molar-refractivity contribution in [1.29, 1.82) is 0 Å². The molecular weight excluding hydrogens is 400 g/mol. The van der Waals surface area contributed by atoms with Gasteiger partial charge in [-0.2, -0.15) is 0 Å². The molecule has 1 fully saturated rings. The van der Waals surface area contributed by atoms with Gasteiger partial charge in [-0.15, -0.1) is 0 Å². The number of carbonyl (C=O) groups excluding carboxylic acids is 2. The molecule has 2 aliphatic rings. The van der Waals surface area contributed by atoms with Crippen molar-refractivity contribution in [3.05, 3.63) is 64.7 Å². The number of hydrogen-bond acceptors (Lipinski definition) is 3. The molecule has 5 nitrogen and oxygen atoms in total. The molecule has 1 atom stereocenters. The second-order valence-corrected chi connectivity index (χ2v) is 8.45. The molecule has 2 amide bonds. The van der Waals surface area contributed by atoms with Gasteiger partial charge < -0.3 is 14.5 Å². The van der Waals surface area contributed by atoms with E-state index in [-0.39, 0.29) is 17.7 Å². The van der Waals surface area contributed by atoms with Gasteiger partial charge in [-0.1, -0.05) is 41.9 Å².